The van der Waals surface area contributed by atoms with Crippen molar-refractivity contribution in [3.63, 3.8) is 0 Å². The third-order valence-corrected chi connectivity index (χ3v) is 3.10. The Morgan fingerprint density at radius 3 is 2.32 bits per heavy atom. The van der Waals surface area contributed by atoms with Gasteiger partial charge >= 0.3 is 0 Å². The van der Waals surface area contributed by atoms with Crippen molar-refractivity contribution in [1.29, 1.82) is 0 Å². The van der Waals surface area contributed by atoms with Gasteiger partial charge in [0.05, 0.1) is 5.56 Å². The van der Waals surface area contributed by atoms with E-state index in [9.17, 15) is 18.4 Å². The van der Waals surface area contributed by atoms with Crippen molar-refractivity contribution < 1.29 is 22.8 Å². The summed E-state index contributed by atoms with van der Waals surface area (Å²) in [5.41, 5.74) is -0.261. The molecule has 0 spiro atoms. The zero-order valence-electron chi connectivity index (χ0n) is 11.2. The first-order valence-corrected chi connectivity index (χ1v) is 7.03. The first kappa shape index (κ1) is 16.2. The van der Waals surface area contributed by atoms with E-state index in [4.69, 9.17) is 4.42 Å². The van der Waals surface area contributed by atoms with Crippen molar-refractivity contribution >= 4 is 27.7 Å². The lowest BCUT2D eigenvalue weighted by atomic mass is 10.2. The second-order valence-electron chi connectivity index (χ2n) is 4.24. The van der Waals surface area contributed by atoms with Gasteiger partial charge in [0.25, 0.3) is 11.8 Å². The van der Waals surface area contributed by atoms with E-state index in [1.165, 1.54) is 6.07 Å². The Balaban J connectivity index is 1.79. The van der Waals surface area contributed by atoms with Gasteiger partial charge in [-0.05, 0) is 40.2 Å². The molecule has 0 aliphatic rings. The Morgan fingerprint density at radius 1 is 1.05 bits per heavy atom. The van der Waals surface area contributed by atoms with Gasteiger partial charge in [0.2, 0.25) is 0 Å². The molecule has 0 atom stereocenters. The molecule has 2 aromatic rings. The highest BCUT2D eigenvalue weighted by Gasteiger charge is 2.13. The summed E-state index contributed by atoms with van der Waals surface area (Å²) in [5.74, 6) is -2.70. The fourth-order valence-electron chi connectivity index (χ4n) is 1.64. The van der Waals surface area contributed by atoms with Gasteiger partial charge in [0.1, 0.15) is 11.6 Å². The van der Waals surface area contributed by atoms with Crippen LogP contribution in [0.5, 0.6) is 0 Å². The Labute approximate surface area is 132 Å². The van der Waals surface area contributed by atoms with Gasteiger partial charge in [-0.3, -0.25) is 9.59 Å². The van der Waals surface area contributed by atoms with Crippen LogP contribution in [-0.2, 0) is 0 Å². The molecule has 0 aliphatic heterocycles. The Hall–Kier alpha value is -2.22. The summed E-state index contributed by atoms with van der Waals surface area (Å²) in [5, 5.41) is 4.94. The highest BCUT2D eigenvalue weighted by molar-refractivity contribution is 9.10. The molecule has 22 heavy (non-hydrogen) atoms. The van der Waals surface area contributed by atoms with E-state index in [1.807, 2.05) is 0 Å². The summed E-state index contributed by atoms with van der Waals surface area (Å²) in [6.07, 6.45) is 0. The molecule has 0 saturated carbocycles. The van der Waals surface area contributed by atoms with Crippen LogP contribution in [-0.4, -0.2) is 24.9 Å². The number of benzene rings is 1. The molecular formula is C14H11BrF2N2O3. The summed E-state index contributed by atoms with van der Waals surface area (Å²) in [4.78, 5) is 23.3. The largest absolute Gasteiger partial charge is 0.444 e. The molecule has 5 nitrogen and oxygen atoms in total. The lowest BCUT2D eigenvalue weighted by Gasteiger charge is -2.07. The van der Waals surface area contributed by atoms with Crippen LogP contribution < -0.4 is 10.6 Å². The molecule has 116 valence electrons. The summed E-state index contributed by atoms with van der Waals surface area (Å²) in [6, 6.07) is 5.75. The van der Waals surface area contributed by atoms with Gasteiger partial charge in [-0.25, -0.2) is 8.78 Å². The van der Waals surface area contributed by atoms with Crippen molar-refractivity contribution in [2.75, 3.05) is 13.1 Å². The van der Waals surface area contributed by atoms with E-state index in [-0.39, 0.29) is 24.4 Å². The van der Waals surface area contributed by atoms with Crippen LogP contribution in [0.15, 0.2) is 39.4 Å². The predicted octanol–water partition coefficient (Wildman–Crippen LogP) is 2.48. The molecule has 0 bridgehead atoms. The van der Waals surface area contributed by atoms with Gasteiger partial charge in [0, 0.05) is 19.2 Å². The van der Waals surface area contributed by atoms with Gasteiger partial charge in [-0.15, -0.1) is 0 Å². The van der Waals surface area contributed by atoms with Crippen LogP contribution >= 0.6 is 15.9 Å². The molecule has 0 radical (unpaired) electrons. The van der Waals surface area contributed by atoms with Crippen LogP contribution in [0.3, 0.4) is 0 Å². The third kappa shape index (κ3) is 4.14. The maximum Gasteiger partial charge on any atom is 0.287 e. The van der Waals surface area contributed by atoms with Crippen LogP contribution in [0.4, 0.5) is 8.78 Å². The summed E-state index contributed by atoms with van der Waals surface area (Å²) < 4.78 is 31.6. The highest BCUT2D eigenvalue weighted by atomic mass is 79.9. The standard InChI is InChI=1S/C14H11BrF2N2O3/c15-12-4-3-11(22-12)14(21)19-6-5-18-13(20)9-2-1-8(16)7-10(9)17/h1-4,7H,5-6H2,(H,18,20)(H,19,21). The zero-order chi connectivity index (χ0) is 16.1. The zero-order valence-corrected chi connectivity index (χ0v) is 12.7. The summed E-state index contributed by atoms with van der Waals surface area (Å²) in [6.45, 7) is 0.217. The molecule has 1 aromatic heterocycles. The van der Waals surface area contributed by atoms with Crippen LogP contribution in [0, 0.1) is 11.6 Å². The van der Waals surface area contributed by atoms with Gasteiger partial charge in [-0.2, -0.15) is 0 Å². The van der Waals surface area contributed by atoms with Gasteiger partial charge in [0.15, 0.2) is 10.4 Å². The number of carbonyl (C=O) groups is 2. The lowest BCUT2D eigenvalue weighted by molar-refractivity contribution is 0.0908. The van der Waals surface area contributed by atoms with Crippen molar-refractivity contribution in [1.82, 2.24) is 10.6 Å². The highest BCUT2D eigenvalue weighted by Crippen LogP contribution is 2.13. The van der Waals surface area contributed by atoms with E-state index >= 15 is 0 Å². The van der Waals surface area contributed by atoms with E-state index in [2.05, 4.69) is 26.6 Å². The van der Waals surface area contributed by atoms with Gasteiger partial charge < -0.3 is 15.1 Å². The van der Waals surface area contributed by atoms with Crippen LogP contribution in [0.25, 0.3) is 0 Å². The second kappa shape index (κ2) is 7.17. The van der Waals surface area contributed by atoms with Crippen molar-refractivity contribution in [3.8, 4) is 0 Å². The number of amides is 2. The molecule has 1 heterocycles. The fraction of sp³-hybridized carbons (Fsp3) is 0.143. The maximum absolute atomic E-state index is 13.4. The van der Waals surface area contributed by atoms with Crippen molar-refractivity contribution in [2.24, 2.45) is 0 Å². The lowest BCUT2D eigenvalue weighted by Crippen LogP contribution is -2.34. The number of hydrogen-bond donors (Lipinski definition) is 2. The van der Waals surface area contributed by atoms with Crippen LogP contribution in [0.1, 0.15) is 20.9 Å². The molecule has 2 rings (SSSR count). The predicted molar refractivity (Wildman–Crippen MR) is 77.4 cm³/mol. The summed E-state index contributed by atoms with van der Waals surface area (Å²) >= 11 is 3.07. The molecule has 8 heteroatoms. The molecule has 2 amide bonds. The number of halogens is 3. The van der Waals surface area contributed by atoms with E-state index in [1.54, 1.807) is 6.07 Å². The monoisotopic (exact) mass is 372 g/mol. The topological polar surface area (TPSA) is 71.3 Å². The van der Waals surface area contributed by atoms with Gasteiger partial charge in [-0.1, -0.05) is 0 Å². The Bertz CT molecular complexity index is 703. The first-order valence-electron chi connectivity index (χ1n) is 6.24. The molecule has 1 aromatic carbocycles. The molecular weight excluding hydrogens is 362 g/mol. The molecule has 0 saturated heterocycles. The number of rotatable bonds is 5. The Kier molecular flexibility index (Phi) is 5.26. The number of hydrogen-bond acceptors (Lipinski definition) is 3. The first-order chi connectivity index (χ1) is 10.5. The summed E-state index contributed by atoms with van der Waals surface area (Å²) in [7, 11) is 0. The minimum atomic E-state index is -0.943. The molecule has 0 fully saturated rings. The second-order valence-corrected chi connectivity index (χ2v) is 5.02. The number of nitrogens with one attached hydrogen (secondary N) is 2. The molecule has 2 N–H and O–H groups in total. The normalized spacial score (nSPS) is 10.3. The fourth-order valence-corrected chi connectivity index (χ4v) is 1.95. The quantitative estimate of drug-likeness (QED) is 0.792. The van der Waals surface area contributed by atoms with E-state index < -0.39 is 23.4 Å². The van der Waals surface area contributed by atoms with E-state index in [0.29, 0.717) is 10.7 Å². The maximum atomic E-state index is 13.4. The number of furan rings is 1. The van der Waals surface area contributed by atoms with Crippen LogP contribution in [0.2, 0.25) is 0 Å². The smallest absolute Gasteiger partial charge is 0.287 e. The average molecular weight is 373 g/mol. The molecule has 0 aliphatic carbocycles. The Morgan fingerprint density at radius 2 is 1.73 bits per heavy atom. The van der Waals surface area contributed by atoms with Crippen molar-refractivity contribution in [3.05, 3.63) is 58.0 Å². The minimum Gasteiger partial charge on any atom is -0.444 e. The third-order valence-electron chi connectivity index (χ3n) is 2.67. The number of carbonyl (C=O) groups excluding carboxylic acids is 2. The SMILES string of the molecule is O=C(NCCNC(=O)c1ccc(F)cc1F)c1ccc(Br)o1. The van der Waals surface area contributed by atoms with Crippen molar-refractivity contribution in [2.45, 2.75) is 0 Å². The average Bonchev–Trinajstić information content (AvgIpc) is 2.90. The van der Waals surface area contributed by atoms with E-state index in [0.717, 1.165) is 12.1 Å². The molecule has 0 unspecified atom stereocenters. The minimum absolute atomic E-state index is 0.0866.